The topological polar surface area (TPSA) is 4.93 Å². The van der Waals surface area contributed by atoms with Crippen molar-refractivity contribution < 1.29 is 0 Å². The number of fused-ring (bicyclic) bond motifs is 2. The minimum Gasteiger partial charge on any atom is -0.343 e. The van der Waals surface area contributed by atoms with Crippen molar-refractivity contribution in [1.82, 2.24) is 4.57 Å². The summed E-state index contributed by atoms with van der Waals surface area (Å²) in [7, 11) is 0. The molecule has 0 unspecified atom stereocenters. The highest BCUT2D eigenvalue weighted by molar-refractivity contribution is 5.97. The predicted molar refractivity (Wildman–Crippen MR) is 71.2 cm³/mol. The first-order valence-corrected chi connectivity index (χ1v) is 6.01. The van der Waals surface area contributed by atoms with Gasteiger partial charge in [-0.05, 0) is 41.8 Å². The fourth-order valence-corrected chi connectivity index (χ4v) is 2.94. The van der Waals surface area contributed by atoms with Crippen LogP contribution in [0.1, 0.15) is 11.1 Å². The molecule has 0 bridgehead atoms. The highest BCUT2D eigenvalue weighted by atomic mass is 15.0. The summed E-state index contributed by atoms with van der Waals surface area (Å²) in [5, 5.41) is 1.36. The Morgan fingerprint density at radius 1 is 1.00 bits per heavy atom. The second-order valence-electron chi connectivity index (χ2n) is 4.85. The first-order chi connectivity index (χ1) is 8.33. The number of aryl methyl sites for hydroxylation is 1. The Labute approximate surface area is 100 Å². The molecule has 17 heavy (non-hydrogen) atoms. The zero-order chi connectivity index (χ0) is 11.4. The van der Waals surface area contributed by atoms with Gasteiger partial charge in [0.05, 0.1) is 5.52 Å². The molecule has 0 radical (unpaired) electrons. The molecule has 4 rings (SSSR count). The van der Waals surface area contributed by atoms with Gasteiger partial charge in [0.1, 0.15) is 0 Å². The van der Waals surface area contributed by atoms with E-state index in [1.54, 1.807) is 0 Å². The minimum absolute atomic E-state index is 0.996. The van der Waals surface area contributed by atoms with Gasteiger partial charge in [0.2, 0.25) is 0 Å². The number of benzene rings is 2. The molecule has 0 fully saturated rings. The lowest BCUT2D eigenvalue weighted by molar-refractivity contribution is 0.829. The van der Waals surface area contributed by atoms with Crippen molar-refractivity contribution in [2.45, 2.75) is 13.5 Å². The van der Waals surface area contributed by atoms with Crippen LogP contribution >= 0.6 is 0 Å². The average molecular weight is 219 g/mol. The van der Waals surface area contributed by atoms with Crippen LogP contribution in [-0.2, 0) is 6.54 Å². The Bertz CT molecular complexity index is 734. The Kier molecular flexibility index (Phi) is 1.60. The molecule has 3 aromatic rings. The number of hydrogen-bond acceptors (Lipinski definition) is 0. The van der Waals surface area contributed by atoms with E-state index in [9.17, 15) is 0 Å². The van der Waals surface area contributed by atoms with Crippen molar-refractivity contribution in [3.8, 4) is 11.1 Å². The zero-order valence-corrected chi connectivity index (χ0v) is 9.77. The summed E-state index contributed by atoms with van der Waals surface area (Å²) < 4.78 is 2.35. The molecule has 0 amide bonds. The maximum Gasteiger partial charge on any atom is 0.0563 e. The van der Waals surface area contributed by atoms with Crippen LogP contribution in [0.3, 0.4) is 0 Å². The summed E-state index contributed by atoms with van der Waals surface area (Å²) in [5.41, 5.74) is 6.92. The van der Waals surface area contributed by atoms with E-state index in [4.69, 9.17) is 0 Å². The van der Waals surface area contributed by atoms with E-state index < -0.39 is 0 Å². The second kappa shape index (κ2) is 3.01. The van der Waals surface area contributed by atoms with E-state index >= 15 is 0 Å². The molecule has 2 aromatic carbocycles. The van der Waals surface area contributed by atoms with Crippen LogP contribution < -0.4 is 0 Å². The first-order valence-electron chi connectivity index (χ1n) is 6.01. The summed E-state index contributed by atoms with van der Waals surface area (Å²) in [6, 6.07) is 15.5. The quantitative estimate of drug-likeness (QED) is 0.421. The molecular formula is C16H13N. The van der Waals surface area contributed by atoms with Gasteiger partial charge in [-0.2, -0.15) is 0 Å². The molecule has 1 aromatic heterocycles. The molecule has 1 nitrogen and oxygen atoms in total. The van der Waals surface area contributed by atoms with Gasteiger partial charge in [0, 0.05) is 23.7 Å². The monoisotopic (exact) mass is 219 g/mol. The molecule has 0 saturated heterocycles. The Balaban J connectivity index is 2.21. The van der Waals surface area contributed by atoms with Crippen LogP contribution in [0.4, 0.5) is 0 Å². The summed E-state index contributed by atoms with van der Waals surface area (Å²) in [4.78, 5) is 0. The number of rotatable bonds is 0. The van der Waals surface area contributed by atoms with Crippen molar-refractivity contribution in [2.75, 3.05) is 0 Å². The lowest BCUT2D eigenvalue weighted by Gasteiger charge is -2.20. The largest absolute Gasteiger partial charge is 0.343 e. The summed E-state index contributed by atoms with van der Waals surface area (Å²) in [6.07, 6.45) is 2.20. The van der Waals surface area contributed by atoms with Gasteiger partial charge in [-0.25, -0.2) is 0 Å². The molecule has 1 heteroatoms. The van der Waals surface area contributed by atoms with Gasteiger partial charge in [0.15, 0.2) is 0 Å². The third-order valence-electron chi connectivity index (χ3n) is 3.65. The number of nitrogens with zero attached hydrogens (tertiary/aromatic N) is 1. The van der Waals surface area contributed by atoms with Crippen LogP contribution in [0.5, 0.6) is 0 Å². The molecule has 0 aliphatic carbocycles. The summed E-state index contributed by atoms with van der Waals surface area (Å²) in [6.45, 7) is 3.17. The van der Waals surface area contributed by atoms with Crippen molar-refractivity contribution >= 4 is 10.9 Å². The molecule has 0 atom stereocenters. The molecule has 1 aliphatic rings. The van der Waals surface area contributed by atoms with E-state index in [0.29, 0.717) is 0 Å². The van der Waals surface area contributed by atoms with Gasteiger partial charge in [-0.1, -0.05) is 24.3 Å². The fourth-order valence-electron chi connectivity index (χ4n) is 2.94. The van der Waals surface area contributed by atoms with Gasteiger partial charge in [0.25, 0.3) is 0 Å². The third kappa shape index (κ3) is 1.14. The Morgan fingerprint density at radius 3 is 2.82 bits per heavy atom. The second-order valence-corrected chi connectivity index (χ2v) is 4.85. The highest BCUT2D eigenvalue weighted by Crippen LogP contribution is 2.37. The molecule has 1 aliphatic heterocycles. The SMILES string of the molecule is Cc1cc2c3c(ccn3Cc3ccccc3-2)c1. The van der Waals surface area contributed by atoms with Crippen LogP contribution in [0.15, 0.2) is 48.7 Å². The van der Waals surface area contributed by atoms with Crippen molar-refractivity contribution in [1.29, 1.82) is 0 Å². The van der Waals surface area contributed by atoms with Crippen LogP contribution in [0.2, 0.25) is 0 Å². The van der Waals surface area contributed by atoms with Crippen LogP contribution in [0, 0.1) is 6.92 Å². The third-order valence-corrected chi connectivity index (χ3v) is 3.65. The van der Waals surface area contributed by atoms with Gasteiger partial charge < -0.3 is 4.57 Å². The maximum atomic E-state index is 2.35. The van der Waals surface area contributed by atoms with Crippen molar-refractivity contribution in [3.05, 3.63) is 59.8 Å². The summed E-state index contributed by atoms with van der Waals surface area (Å²) in [5.74, 6) is 0. The standard InChI is InChI=1S/C16H13N/c1-11-8-12-6-7-17-10-13-4-2-3-5-14(13)15(9-11)16(12)17/h2-9H,10H2,1H3. The molecule has 2 heterocycles. The number of aromatic nitrogens is 1. The lowest BCUT2D eigenvalue weighted by Crippen LogP contribution is -2.06. The van der Waals surface area contributed by atoms with E-state index in [1.807, 2.05) is 0 Å². The Hall–Kier alpha value is -2.02. The van der Waals surface area contributed by atoms with Crippen LogP contribution in [-0.4, -0.2) is 4.57 Å². The van der Waals surface area contributed by atoms with Crippen molar-refractivity contribution in [2.24, 2.45) is 0 Å². The normalized spacial score (nSPS) is 12.8. The van der Waals surface area contributed by atoms with E-state index in [1.165, 1.54) is 33.2 Å². The van der Waals surface area contributed by atoms with E-state index in [0.717, 1.165) is 6.54 Å². The summed E-state index contributed by atoms with van der Waals surface area (Å²) >= 11 is 0. The van der Waals surface area contributed by atoms with E-state index in [-0.39, 0.29) is 0 Å². The van der Waals surface area contributed by atoms with Gasteiger partial charge in [-0.15, -0.1) is 0 Å². The van der Waals surface area contributed by atoms with Crippen LogP contribution in [0.25, 0.3) is 22.0 Å². The van der Waals surface area contributed by atoms with Gasteiger partial charge >= 0.3 is 0 Å². The van der Waals surface area contributed by atoms with E-state index in [2.05, 4.69) is 60.2 Å². The number of hydrogen-bond donors (Lipinski definition) is 0. The average Bonchev–Trinajstić information content (AvgIpc) is 2.73. The Morgan fingerprint density at radius 2 is 1.88 bits per heavy atom. The molecule has 0 N–H and O–H groups in total. The van der Waals surface area contributed by atoms with Gasteiger partial charge in [-0.3, -0.25) is 0 Å². The lowest BCUT2D eigenvalue weighted by atomic mass is 9.94. The molecular weight excluding hydrogens is 206 g/mol. The zero-order valence-electron chi connectivity index (χ0n) is 9.77. The molecule has 0 saturated carbocycles. The molecule has 0 spiro atoms. The first kappa shape index (κ1) is 9.06. The maximum absolute atomic E-state index is 2.35. The molecule has 82 valence electrons. The smallest absolute Gasteiger partial charge is 0.0563 e. The fraction of sp³-hybridized carbons (Fsp3) is 0.125. The highest BCUT2D eigenvalue weighted by Gasteiger charge is 2.17. The minimum atomic E-state index is 0.996. The predicted octanol–water partition coefficient (Wildman–Crippen LogP) is 3.98. The van der Waals surface area contributed by atoms with Crippen molar-refractivity contribution in [3.63, 3.8) is 0 Å².